The van der Waals surface area contributed by atoms with Crippen LogP contribution in [0, 0.1) is 11.8 Å². The molecule has 4 aliphatic heterocycles. The zero-order valence-corrected chi connectivity index (χ0v) is 9.45. The maximum atomic E-state index is 6.29. The van der Waals surface area contributed by atoms with Gasteiger partial charge in [-0.1, -0.05) is 0 Å². The highest BCUT2D eigenvalue weighted by molar-refractivity contribution is 5.20. The number of nitrogens with one attached hydrogen (secondary N) is 1. The van der Waals surface area contributed by atoms with Gasteiger partial charge in [-0.25, -0.2) is 0 Å². The fourth-order valence-electron chi connectivity index (χ4n) is 4.90. The third-order valence-electron chi connectivity index (χ3n) is 5.17. The van der Waals surface area contributed by atoms with E-state index in [0.29, 0.717) is 24.0 Å². The number of hydrogen-bond acceptors (Lipinski definition) is 3. The molecule has 3 heteroatoms. The smallest absolute Gasteiger partial charge is 0.0871 e. The molecule has 1 N–H and O–H groups in total. The van der Waals surface area contributed by atoms with Crippen molar-refractivity contribution < 1.29 is 10.9 Å². The van der Waals surface area contributed by atoms with Gasteiger partial charge in [-0.2, -0.15) is 0 Å². The Morgan fingerprint density at radius 1 is 1.33 bits per heavy atom. The van der Waals surface area contributed by atoms with Gasteiger partial charge in [0.15, 0.2) is 0 Å². The maximum Gasteiger partial charge on any atom is 0.0871 e. The quantitative estimate of drug-likeness (QED) is 0.652. The number of piperidine rings is 1. The topological polar surface area (TPSA) is 30.5 Å². The zero-order chi connectivity index (χ0) is 10.3. The molecule has 6 unspecified atom stereocenters. The molecule has 4 saturated heterocycles. The Bertz CT molecular complexity index is 326. The second-order valence-corrected chi connectivity index (χ2v) is 6.05. The molecule has 0 aliphatic carbocycles. The van der Waals surface area contributed by atoms with E-state index in [2.05, 4.69) is 19.2 Å². The lowest BCUT2D eigenvalue weighted by molar-refractivity contribution is -0.128. The van der Waals surface area contributed by atoms with Crippen LogP contribution in [-0.2, 0) is 9.47 Å². The van der Waals surface area contributed by atoms with E-state index in [-0.39, 0.29) is 12.6 Å². The molecule has 6 atom stereocenters. The minimum Gasteiger partial charge on any atom is -0.370 e. The molecule has 0 saturated carbocycles. The molecule has 0 aromatic rings. The van der Waals surface area contributed by atoms with Gasteiger partial charge >= 0.3 is 0 Å². The highest BCUT2D eigenvalue weighted by Gasteiger charge is 2.71. The van der Waals surface area contributed by atoms with Crippen molar-refractivity contribution >= 4 is 0 Å². The Morgan fingerprint density at radius 3 is 3.07 bits per heavy atom. The highest BCUT2D eigenvalue weighted by Crippen LogP contribution is 2.61. The van der Waals surface area contributed by atoms with Gasteiger partial charge in [0.25, 0.3) is 0 Å². The fraction of sp³-hybridized carbons (Fsp3) is 1.00. The lowest BCUT2D eigenvalue weighted by Crippen LogP contribution is -2.62. The van der Waals surface area contributed by atoms with Crippen LogP contribution >= 0.6 is 0 Å². The summed E-state index contributed by atoms with van der Waals surface area (Å²) in [5.74, 6) is 1.30. The van der Waals surface area contributed by atoms with Crippen LogP contribution in [0.1, 0.15) is 28.1 Å². The van der Waals surface area contributed by atoms with Gasteiger partial charge in [-0.05, 0) is 26.7 Å². The van der Waals surface area contributed by atoms with Crippen LogP contribution in [0.5, 0.6) is 0 Å². The molecule has 4 aliphatic rings. The molecule has 4 rings (SSSR count). The fourth-order valence-corrected chi connectivity index (χ4v) is 4.90. The van der Waals surface area contributed by atoms with Crippen molar-refractivity contribution in [3.63, 3.8) is 0 Å². The van der Waals surface area contributed by atoms with E-state index in [9.17, 15) is 0 Å². The monoisotopic (exact) mass is 211 g/mol. The number of fused-ring (bicyclic) bond motifs is 2. The van der Waals surface area contributed by atoms with Gasteiger partial charge in [0, 0.05) is 26.4 Å². The summed E-state index contributed by atoms with van der Waals surface area (Å²) in [5.41, 5.74) is 0.143. The van der Waals surface area contributed by atoms with Crippen LogP contribution in [0.3, 0.4) is 0 Å². The Balaban J connectivity index is 0.000000810. The third-order valence-corrected chi connectivity index (χ3v) is 5.17. The Kier molecular flexibility index (Phi) is 1.44. The van der Waals surface area contributed by atoms with Crippen LogP contribution in [0.2, 0.25) is 0 Å². The van der Waals surface area contributed by atoms with Gasteiger partial charge in [0.1, 0.15) is 0 Å². The zero-order valence-electron chi connectivity index (χ0n) is 9.45. The minimum absolute atomic E-state index is 0. The van der Waals surface area contributed by atoms with E-state index in [1.807, 2.05) is 0 Å². The first-order chi connectivity index (χ1) is 7.15. The van der Waals surface area contributed by atoms with Crippen LogP contribution in [0.25, 0.3) is 0 Å². The third kappa shape index (κ3) is 0.855. The van der Waals surface area contributed by atoms with Crippen LogP contribution in [0.4, 0.5) is 0 Å². The van der Waals surface area contributed by atoms with E-state index in [1.54, 1.807) is 0 Å². The van der Waals surface area contributed by atoms with E-state index in [1.165, 1.54) is 12.8 Å². The molecule has 4 heterocycles. The molecule has 4 fully saturated rings. The van der Waals surface area contributed by atoms with E-state index in [4.69, 9.17) is 9.47 Å². The average molecular weight is 211 g/mol. The second-order valence-electron chi connectivity index (χ2n) is 6.05. The molecule has 0 radical (unpaired) electrons. The van der Waals surface area contributed by atoms with Gasteiger partial charge in [-0.15, -0.1) is 0 Å². The number of hydrogen-bond donors (Lipinski definition) is 1. The molecule has 0 aromatic carbocycles. The first-order valence-corrected chi connectivity index (χ1v) is 6.21. The molecular weight excluding hydrogens is 190 g/mol. The van der Waals surface area contributed by atoms with Gasteiger partial charge in [0.2, 0.25) is 0 Å². The van der Waals surface area contributed by atoms with E-state index in [0.717, 1.165) is 13.1 Å². The van der Waals surface area contributed by atoms with Crippen molar-refractivity contribution in [3.8, 4) is 0 Å². The molecule has 15 heavy (non-hydrogen) atoms. The van der Waals surface area contributed by atoms with Crippen LogP contribution in [-0.4, -0.2) is 36.5 Å². The lowest BCUT2D eigenvalue weighted by Gasteiger charge is -2.46. The Morgan fingerprint density at radius 2 is 2.20 bits per heavy atom. The van der Waals surface area contributed by atoms with Gasteiger partial charge in [-0.3, -0.25) is 0 Å². The lowest BCUT2D eigenvalue weighted by atomic mass is 9.63. The Hall–Kier alpha value is -0.120. The van der Waals surface area contributed by atoms with E-state index >= 15 is 0 Å². The van der Waals surface area contributed by atoms with Gasteiger partial charge in [0.05, 0.1) is 23.4 Å². The van der Waals surface area contributed by atoms with Crippen molar-refractivity contribution in [1.29, 1.82) is 0 Å². The van der Waals surface area contributed by atoms with Gasteiger partial charge < -0.3 is 14.8 Å². The highest BCUT2D eigenvalue weighted by atomic mass is 16.6. The summed E-state index contributed by atoms with van der Waals surface area (Å²) in [4.78, 5) is 0. The molecule has 0 aromatic heterocycles. The molecule has 2 bridgehead atoms. The molecule has 0 amide bonds. The van der Waals surface area contributed by atoms with Crippen molar-refractivity contribution in [2.45, 2.75) is 50.1 Å². The maximum absolute atomic E-state index is 6.29. The van der Waals surface area contributed by atoms with Crippen LogP contribution < -0.4 is 5.32 Å². The summed E-state index contributed by atoms with van der Waals surface area (Å²) in [6.07, 6.45) is 3.34. The van der Waals surface area contributed by atoms with Crippen molar-refractivity contribution in [2.75, 3.05) is 13.1 Å². The molecule has 3 nitrogen and oxygen atoms in total. The summed E-state index contributed by atoms with van der Waals surface area (Å²) < 4.78 is 12.5. The number of ether oxygens (including phenoxy) is 2. The summed E-state index contributed by atoms with van der Waals surface area (Å²) in [5, 5.41) is 3.51. The predicted octanol–water partition coefficient (Wildman–Crippen LogP) is 1.18. The summed E-state index contributed by atoms with van der Waals surface area (Å²) >= 11 is 0. The summed E-state index contributed by atoms with van der Waals surface area (Å²) in [7, 11) is 0. The van der Waals surface area contributed by atoms with Crippen molar-refractivity contribution in [2.24, 2.45) is 11.8 Å². The standard InChI is InChI=1S/C12H19NO2.H2/c1-7-9-8-3-4-12(15-8)6-13-5-11(2,14-7)10(9)12;/h7-10,13H,3-6H2,1-2H3;1H. The normalized spacial score (nSPS) is 66.0. The van der Waals surface area contributed by atoms with Crippen LogP contribution in [0.15, 0.2) is 0 Å². The molecular formula is C12H21NO2. The average Bonchev–Trinajstić information content (AvgIpc) is 2.78. The SMILES string of the molecule is CC1OC2(C)CNCC34CCC(O3)C1C24.[HH]. The first-order valence-electron chi connectivity index (χ1n) is 6.21. The largest absolute Gasteiger partial charge is 0.370 e. The number of rotatable bonds is 0. The molecule has 86 valence electrons. The van der Waals surface area contributed by atoms with Crippen molar-refractivity contribution in [3.05, 3.63) is 0 Å². The molecule has 1 spiro atoms. The first kappa shape index (κ1) is 8.97. The minimum atomic E-state index is 0. The predicted molar refractivity (Wildman–Crippen MR) is 57.8 cm³/mol. The van der Waals surface area contributed by atoms with E-state index < -0.39 is 0 Å². The summed E-state index contributed by atoms with van der Waals surface area (Å²) in [6.45, 7) is 6.53. The Labute approximate surface area is 92.0 Å². The van der Waals surface area contributed by atoms with Crippen molar-refractivity contribution in [1.82, 2.24) is 5.32 Å². The summed E-state index contributed by atoms with van der Waals surface area (Å²) in [6, 6.07) is 0. The second kappa shape index (κ2) is 2.41.